The molecule has 98 valence electrons. The fraction of sp³-hybridized carbons (Fsp3) is 0.769. The van der Waals surface area contributed by atoms with Crippen LogP contribution < -0.4 is 5.32 Å². The summed E-state index contributed by atoms with van der Waals surface area (Å²) in [4.78, 5) is 0. The van der Waals surface area contributed by atoms with Gasteiger partial charge in [0.05, 0.1) is 6.20 Å². The van der Waals surface area contributed by atoms with Crippen LogP contribution in [0.25, 0.3) is 0 Å². The molecule has 0 saturated carbocycles. The number of aromatic nitrogens is 2. The third-order valence-corrected chi connectivity index (χ3v) is 4.32. The number of hydrogen-bond acceptors (Lipinski definition) is 3. The van der Waals surface area contributed by atoms with Gasteiger partial charge in [-0.1, -0.05) is 20.8 Å². The summed E-state index contributed by atoms with van der Waals surface area (Å²) in [5.41, 5.74) is 1.30. The summed E-state index contributed by atoms with van der Waals surface area (Å²) >= 11 is 2.04. The Balaban J connectivity index is 2.54. The van der Waals surface area contributed by atoms with Crippen LogP contribution in [0, 0.1) is 0 Å². The third kappa shape index (κ3) is 5.13. The first-order valence-corrected chi connectivity index (χ1v) is 7.55. The van der Waals surface area contributed by atoms with E-state index in [0.717, 1.165) is 17.5 Å². The maximum atomic E-state index is 4.26. The van der Waals surface area contributed by atoms with Gasteiger partial charge in [0.1, 0.15) is 0 Å². The molecule has 4 heteroatoms. The van der Waals surface area contributed by atoms with Crippen LogP contribution in [0.4, 0.5) is 0 Å². The Labute approximate surface area is 109 Å². The zero-order valence-corrected chi connectivity index (χ0v) is 12.3. The second kappa shape index (κ2) is 7.77. The highest BCUT2D eigenvalue weighted by Crippen LogP contribution is 2.22. The number of nitrogens with one attached hydrogen (secondary N) is 1. The van der Waals surface area contributed by atoms with Crippen molar-refractivity contribution in [3.05, 3.63) is 18.0 Å². The molecule has 1 heterocycles. The average molecular weight is 255 g/mol. The van der Waals surface area contributed by atoms with Crippen LogP contribution >= 0.6 is 11.8 Å². The van der Waals surface area contributed by atoms with Gasteiger partial charge in [0.15, 0.2) is 0 Å². The molecule has 0 saturated heterocycles. The van der Waals surface area contributed by atoms with Crippen molar-refractivity contribution < 1.29 is 0 Å². The first-order chi connectivity index (χ1) is 8.17. The number of nitrogens with zero attached hydrogens (tertiary/aromatic N) is 2. The van der Waals surface area contributed by atoms with Gasteiger partial charge in [-0.05, 0) is 19.4 Å². The zero-order chi connectivity index (χ0) is 12.7. The van der Waals surface area contributed by atoms with E-state index >= 15 is 0 Å². The van der Waals surface area contributed by atoms with Gasteiger partial charge in [0.2, 0.25) is 0 Å². The molecule has 3 nitrogen and oxygen atoms in total. The van der Waals surface area contributed by atoms with Gasteiger partial charge in [-0.3, -0.25) is 4.68 Å². The van der Waals surface area contributed by atoms with Crippen molar-refractivity contribution in [2.24, 2.45) is 7.05 Å². The van der Waals surface area contributed by atoms with Crippen LogP contribution in [-0.2, 0) is 7.05 Å². The van der Waals surface area contributed by atoms with Crippen molar-refractivity contribution in [2.75, 3.05) is 12.3 Å². The van der Waals surface area contributed by atoms with Crippen LogP contribution in [0.5, 0.6) is 0 Å². The van der Waals surface area contributed by atoms with E-state index in [9.17, 15) is 0 Å². The molecule has 1 rings (SSSR count). The van der Waals surface area contributed by atoms with E-state index in [2.05, 4.69) is 37.4 Å². The second-order valence-electron chi connectivity index (χ2n) is 4.51. The maximum Gasteiger partial charge on any atom is 0.0537 e. The number of hydrogen-bond donors (Lipinski definition) is 1. The molecule has 1 aromatic heterocycles. The van der Waals surface area contributed by atoms with Gasteiger partial charge in [0, 0.05) is 35.9 Å². The highest BCUT2D eigenvalue weighted by atomic mass is 32.2. The standard InChI is InChI=1S/C13H25N3S/c1-5-7-14-13(10-17-11(3)6-2)12-8-15-16(4)9-12/h8-9,11,13-14H,5-7,10H2,1-4H3. The first-order valence-electron chi connectivity index (χ1n) is 6.50. The summed E-state index contributed by atoms with van der Waals surface area (Å²) < 4.78 is 1.88. The smallest absolute Gasteiger partial charge is 0.0537 e. The minimum absolute atomic E-state index is 0.433. The Kier molecular flexibility index (Phi) is 6.66. The Hall–Kier alpha value is -0.480. The van der Waals surface area contributed by atoms with E-state index in [4.69, 9.17) is 0 Å². The summed E-state index contributed by atoms with van der Waals surface area (Å²) in [5, 5.41) is 8.60. The number of rotatable bonds is 8. The molecule has 0 amide bonds. The van der Waals surface area contributed by atoms with Crippen LogP contribution in [-0.4, -0.2) is 27.3 Å². The molecule has 17 heavy (non-hydrogen) atoms. The molecular weight excluding hydrogens is 230 g/mol. The lowest BCUT2D eigenvalue weighted by Gasteiger charge is -2.18. The van der Waals surface area contributed by atoms with E-state index in [1.165, 1.54) is 18.4 Å². The van der Waals surface area contributed by atoms with Crippen LogP contribution in [0.3, 0.4) is 0 Å². The Bertz CT molecular complexity index is 311. The molecule has 0 radical (unpaired) electrons. The molecular formula is C13H25N3S. The highest BCUT2D eigenvalue weighted by Gasteiger charge is 2.13. The minimum Gasteiger partial charge on any atom is -0.309 e. The van der Waals surface area contributed by atoms with Gasteiger partial charge < -0.3 is 5.32 Å². The second-order valence-corrected chi connectivity index (χ2v) is 5.98. The van der Waals surface area contributed by atoms with Crippen molar-refractivity contribution >= 4 is 11.8 Å². The van der Waals surface area contributed by atoms with Crippen molar-refractivity contribution in [1.82, 2.24) is 15.1 Å². The van der Waals surface area contributed by atoms with Gasteiger partial charge in [-0.2, -0.15) is 16.9 Å². The Morgan fingerprint density at radius 1 is 1.47 bits per heavy atom. The van der Waals surface area contributed by atoms with Gasteiger partial charge in [-0.15, -0.1) is 0 Å². The normalized spacial score (nSPS) is 14.8. The Morgan fingerprint density at radius 3 is 2.76 bits per heavy atom. The molecule has 1 N–H and O–H groups in total. The monoisotopic (exact) mass is 255 g/mol. The fourth-order valence-corrected chi connectivity index (χ4v) is 2.66. The van der Waals surface area contributed by atoms with Gasteiger partial charge in [-0.25, -0.2) is 0 Å². The summed E-state index contributed by atoms with van der Waals surface area (Å²) in [6, 6.07) is 0.433. The van der Waals surface area contributed by atoms with Crippen LogP contribution in [0.15, 0.2) is 12.4 Å². The molecule has 0 aliphatic rings. The molecule has 0 bridgehead atoms. The highest BCUT2D eigenvalue weighted by molar-refractivity contribution is 7.99. The van der Waals surface area contributed by atoms with Crippen LogP contribution in [0.2, 0.25) is 0 Å². The van der Waals surface area contributed by atoms with Crippen molar-refractivity contribution in [2.45, 2.75) is 44.9 Å². The van der Waals surface area contributed by atoms with E-state index in [1.807, 2.05) is 29.7 Å². The van der Waals surface area contributed by atoms with E-state index in [-0.39, 0.29) is 0 Å². The topological polar surface area (TPSA) is 29.9 Å². The summed E-state index contributed by atoms with van der Waals surface area (Å²) in [6.45, 7) is 7.82. The predicted octanol–water partition coefficient (Wildman–Crippen LogP) is 2.99. The lowest BCUT2D eigenvalue weighted by Crippen LogP contribution is -2.24. The Morgan fingerprint density at radius 2 is 2.24 bits per heavy atom. The number of aryl methyl sites for hydroxylation is 1. The summed E-state index contributed by atoms with van der Waals surface area (Å²) in [6.07, 6.45) is 6.50. The SMILES string of the molecule is CCCNC(CSC(C)CC)c1cnn(C)c1. The maximum absolute atomic E-state index is 4.26. The number of thioether (sulfide) groups is 1. The van der Waals surface area contributed by atoms with Gasteiger partial charge >= 0.3 is 0 Å². The van der Waals surface area contributed by atoms with E-state index in [0.29, 0.717) is 6.04 Å². The van der Waals surface area contributed by atoms with Crippen molar-refractivity contribution in [1.29, 1.82) is 0 Å². The fourth-order valence-electron chi connectivity index (χ4n) is 1.59. The molecule has 0 aliphatic heterocycles. The molecule has 2 atom stereocenters. The van der Waals surface area contributed by atoms with Crippen molar-refractivity contribution in [3.8, 4) is 0 Å². The largest absolute Gasteiger partial charge is 0.309 e. The van der Waals surface area contributed by atoms with Crippen LogP contribution in [0.1, 0.15) is 45.2 Å². The molecule has 1 aromatic rings. The van der Waals surface area contributed by atoms with Gasteiger partial charge in [0.25, 0.3) is 0 Å². The van der Waals surface area contributed by atoms with E-state index in [1.54, 1.807) is 0 Å². The molecule has 0 aromatic carbocycles. The zero-order valence-electron chi connectivity index (χ0n) is 11.4. The average Bonchev–Trinajstić information content (AvgIpc) is 2.75. The third-order valence-electron chi connectivity index (χ3n) is 2.89. The quantitative estimate of drug-likeness (QED) is 0.774. The van der Waals surface area contributed by atoms with Crippen molar-refractivity contribution in [3.63, 3.8) is 0 Å². The molecule has 0 spiro atoms. The molecule has 0 aliphatic carbocycles. The summed E-state index contributed by atoms with van der Waals surface area (Å²) in [7, 11) is 1.97. The first kappa shape index (κ1) is 14.6. The van der Waals surface area contributed by atoms with E-state index < -0.39 is 0 Å². The molecule has 2 unspecified atom stereocenters. The summed E-state index contributed by atoms with van der Waals surface area (Å²) in [5.74, 6) is 1.13. The lowest BCUT2D eigenvalue weighted by atomic mass is 10.2. The lowest BCUT2D eigenvalue weighted by molar-refractivity contribution is 0.576. The molecule has 0 fully saturated rings. The minimum atomic E-state index is 0.433. The predicted molar refractivity (Wildman–Crippen MR) is 76.5 cm³/mol.